The number of hydrogen-bond donors (Lipinski definition) is 1. The van der Waals surface area contributed by atoms with Gasteiger partial charge in [0.15, 0.2) is 0 Å². The molecule has 0 bridgehead atoms. The van der Waals surface area contributed by atoms with E-state index in [9.17, 15) is 0 Å². The number of nitrogens with one attached hydrogen (secondary N) is 1. The smallest absolute Gasteiger partial charge is 0.128 e. The number of likely N-dealkylation sites (N-methyl/N-ethyl adjacent to an activating group) is 1. The average Bonchev–Trinajstić information content (AvgIpc) is 2.77. The predicted molar refractivity (Wildman–Crippen MR) is 69.1 cm³/mol. The van der Waals surface area contributed by atoms with Crippen LogP contribution in [0.1, 0.15) is 30.3 Å². The van der Waals surface area contributed by atoms with Crippen LogP contribution in [0.25, 0.3) is 0 Å². The molecule has 2 heterocycles. The Morgan fingerprint density at radius 1 is 1.53 bits per heavy atom. The van der Waals surface area contributed by atoms with Gasteiger partial charge < -0.3 is 10.2 Å². The van der Waals surface area contributed by atoms with Gasteiger partial charge in [0.1, 0.15) is 5.82 Å². The second-order valence-electron chi connectivity index (χ2n) is 4.85. The quantitative estimate of drug-likeness (QED) is 0.773. The van der Waals surface area contributed by atoms with E-state index < -0.39 is 0 Å². The molecule has 1 aliphatic rings. The number of rotatable bonds is 5. The number of nitrogens with zero attached hydrogens (tertiary/aromatic N) is 3. The van der Waals surface area contributed by atoms with Crippen molar-refractivity contribution in [2.24, 2.45) is 0 Å². The minimum absolute atomic E-state index is 0.603. The van der Waals surface area contributed by atoms with Crippen molar-refractivity contribution in [3.8, 4) is 0 Å². The SMILES string of the molecule is CNCCCc1nccc(C2CCN(C)C2)n1. The molecule has 4 heteroatoms. The Balaban J connectivity index is 1.96. The van der Waals surface area contributed by atoms with Gasteiger partial charge >= 0.3 is 0 Å². The zero-order chi connectivity index (χ0) is 12.1. The molecule has 0 aliphatic carbocycles. The monoisotopic (exact) mass is 234 g/mol. The lowest BCUT2D eigenvalue weighted by molar-refractivity contribution is 0.410. The molecule has 1 atom stereocenters. The highest BCUT2D eigenvalue weighted by atomic mass is 15.1. The summed E-state index contributed by atoms with van der Waals surface area (Å²) in [5.41, 5.74) is 1.23. The summed E-state index contributed by atoms with van der Waals surface area (Å²) in [7, 11) is 4.15. The highest BCUT2D eigenvalue weighted by Crippen LogP contribution is 2.24. The molecular formula is C13H22N4. The molecule has 94 valence electrons. The third-order valence-electron chi connectivity index (χ3n) is 3.36. The second kappa shape index (κ2) is 6.07. The van der Waals surface area contributed by atoms with Crippen molar-refractivity contribution in [1.29, 1.82) is 0 Å². The molecule has 0 saturated carbocycles. The number of aryl methyl sites for hydroxylation is 1. The number of aromatic nitrogens is 2. The zero-order valence-corrected chi connectivity index (χ0v) is 10.8. The molecule has 1 fully saturated rings. The molecule has 1 saturated heterocycles. The molecule has 1 N–H and O–H groups in total. The summed E-state index contributed by atoms with van der Waals surface area (Å²) in [4.78, 5) is 11.4. The van der Waals surface area contributed by atoms with Crippen LogP contribution in [0, 0.1) is 0 Å². The van der Waals surface area contributed by atoms with E-state index in [1.54, 1.807) is 0 Å². The Bertz CT molecular complexity index is 353. The van der Waals surface area contributed by atoms with Crippen molar-refractivity contribution in [2.45, 2.75) is 25.2 Å². The van der Waals surface area contributed by atoms with E-state index >= 15 is 0 Å². The lowest BCUT2D eigenvalue weighted by Gasteiger charge is -2.10. The van der Waals surface area contributed by atoms with E-state index in [4.69, 9.17) is 4.98 Å². The van der Waals surface area contributed by atoms with Crippen molar-refractivity contribution >= 4 is 0 Å². The molecule has 0 aromatic carbocycles. The standard InChI is InChI=1S/C13H22N4/c1-14-7-3-4-13-15-8-5-12(16-13)11-6-9-17(2)10-11/h5,8,11,14H,3-4,6-7,9-10H2,1-2H3. The van der Waals surface area contributed by atoms with Crippen molar-refractivity contribution < 1.29 is 0 Å². The second-order valence-corrected chi connectivity index (χ2v) is 4.85. The van der Waals surface area contributed by atoms with E-state index in [0.29, 0.717) is 5.92 Å². The molecule has 1 aromatic rings. The summed E-state index contributed by atoms with van der Waals surface area (Å²) >= 11 is 0. The fraction of sp³-hybridized carbons (Fsp3) is 0.692. The van der Waals surface area contributed by atoms with Crippen LogP contribution >= 0.6 is 0 Å². The van der Waals surface area contributed by atoms with Crippen molar-refractivity contribution in [3.05, 3.63) is 23.8 Å². The minimum Gasteiger partial charge on any atom is -0.320 e. The summed E-state index contributed by atoms with van der Waals surface area (Å²) in [6.45, 7) is 3.34. The van der Waals surface area contributed by atoms with Crippen LogP contribution in [0.3, 0.4) is 0 Å². The first-order valence-corrected chi connectivity index (χ1v) is 6.44. The minimum atomic E-state index is 0.603. The summed E-state index contributed by atoms with van der Waals surface area (Å²) in [6, 6.07) is 2.07. The Morgan fingerprint density at radius 3 is 3.12 bits per heavy atom. The highest BCUT2D eigenvalue weighted by molar-refractivity contribution is 5.11. The van der Waals surface area contributed by atoms with Gasteiger partial charge in [-0.2, -0.15) is 0 Å². The van der Waals surface area contributed by atoms with Crippen LogP contribution in [-0.2, 0) is 6.42 Å². The van der Waals surface area contributed by atoms with Crippen molar-refractivity contribution in [3.63, 3.8) is 0 Å². The maximum Gasteiger partial charge on any atom is 0.128 e. The van der Waals surface area contributed by atoms with E-state index in [1.165, 1.54) is 18.7 Å². The van der Waals surface area contributed by atoms with Crippen LogP contribution < -0.4 is 5.32 Å². The molecule has 0 amide bonds. The summed E-state index contributed by atoms with van der Waals surface area (Å²) in [5, 5.41) is 3.15. The number of hydrogen-bond acceptors (Lipinski definition) is 4. The Kier molecular flexibility index (Phi) is 4.45. The van der Waals surface area contributed by atoms with Gasteiger partial charge in [-0.1, -0.05) is 0 Å². The van der Waals surface area contributed by atoms with Gasteiger partial charge in [0.25, 0.3) is 0 Å². The van der Waals surface area contributed by atoms with Gasteiger partial charge in [0.05, 0.1) is 0 Å². The molecule has 1 aliphatic heterocycles. The van der Waals surface area contributed by atoms with E-state index in [1.807, 2.05) is 13.2 Å². The first-order chi connectivity index (χ1) is 8.29. The first-order valence-electron chi connectivity index (χ1n) is 6.44. The molecule has 0 spiro atoms. The van der Waals surface area contributed by atoms with Gasteiger partial charge in [-0.05, 0) is 46.1 Å². The molecule has 4 nitrogen and oxygen atoms in total. The van der Waals surface area contributed by atoms with Gasteiger partial charge in [-0.3, -0.25) is 0 Å². The Labute approximate surface area is 103 Å². The fourth-order valence-corrected chi connectivity index (χ4v) is 2.36. The molecule has 17 heavy (non-hydrogen) atoms. The van der Waals surface area contributed by atoms with Crippen LogP contribution in [0.5, 0.6) is 0 Å². The summed E-state index contributed by atoms with van der Waals surface area (Å²) in [6.07, 6.45) is 5.21. The molecule has 2 rings (SSSR count). The maximum absolute atomic E-state index is 4.70. The van der Waals surface area contributed by atoms with Crippen LogP contribution in [-0.4, -0.2) is 48.6 Å². The Morgan fingerprint density at radius 2 is 2.41 bits per heavy atom. The first kappa shape index (κ1) is 12.5. The predicted octanol–water partition coefficient (Wildman–Crippen LogP) is 1.05. The molecule has 1 aromatic heterocycles. The molecule has 0 radical (unpaired) electrons. The third kappa shape index (κ3) is 3.48. The molecular weight excluding hydrogens is 212 g/mol. The summed E-state index contributed by atoms with van der Waals surface area (Å²) in [5.74, 6) is 1.60. The Hall–Kier alpha value is -1.00. The lowest BCUT2D eigenvalue weighted by Crippen LogP contribution is -2.14. The van der Waals surface area contributed by atoms with Gasteiger partial charge in [-0.25, -0.2) is 9.97 Å². The third-order valence-corrected chi connectivity index (χ3v) is 3.36. The lowest BCUT2D eigenvalue weighted by atomic mass is 10.0. The molecule has 1 unspecified atom stereocenters. The van der Waals surface area contributed by atoms with Gasteiger partial charge in [-0.15, -0.1) is 0 Å². The zero-order valence-electron chi connectivity index (χ0n) is 10.8. The van der Waals surface area contributed by atoms with E-state index in [-0.39, 0.29) is 0 Å². The van der Waals surface area contributed by atoms with Crippen molar-refractivity contribution in [2.75, 3.05) is 33.7 Å². The van der Waals surface area contributed by atoms with Gasteiger partial charge in [0.2, 0.25) is 0 Å². The van der Waals surface area contributed by atoms with Crippen molar-refractivity contribution in [1.82, 2.24) is 20.2 Å². The fourth-order valence-electron chi connectivity index (χ4n) is 2.36. The summed E-state index contributed by atoms with van der Waals surface area (Å²) < 4.78 is 0. The largest absolute Gasteiger partial charge is 0.320 e. The topological polar surface area (TPSA) is 41.1 Å². The normalized spacial score (nSPS) is 20.9. The van der Waals surface area contributed by atoms with E-state index in [2.05, 4.69) is 28.3 Å². The maximum atomic E-state index is 4.70. The number of likely N-dealkylation sites (tertiary alicyclic amines) is 1. The average molecular weight is 234 g/mol. The highest BCUT2D eigenvalue weighted by Gasteiger charge is 2.22. The van der Waals surface area contributed by atoms with Crippen LogP contribution in [0.15, 0.2) is 12.3 Å². The van der Waals surface area contributed by atoms with Crippen LogP contribution in [0.4, 0.5) is 0 Å². The van der Waals surface area contributed by atoms with Crippen LogP contribution in [0.2, 0.25) is 0 Å². The van der Waals surface area contributed by atoms with E-state index in [0.717, 1.165) is 31.8 Å². The van der Waals surface area contributed by atoms with Gasteiger partial charge in [0, 0.05) is 30.8 Å².